The van der Waals surface area contributed by atoms with Crippen LogP contribution >= 0.6 is 0 Å². The molecule has 7 rings (SSSR count). The Bertz CT molecular complexity index is 2250. The second-order valence-electron chi connectivity index (χ2n) is 20.0. The van der Waals surface area contributed by atoms with E-state index in [1.54, 1.807) is 46.2 Å². The average Bonchev–Trinajstić information content (AvgIpc) is 3.56. The van der Waals surface area contributed by atoms with E-state index >= 15 is 0 Å². The number of aliphatic carboxylic acids is 1. The molecule has 6 heterocycles. The highest BCUT2D eigenvalue weighted by Crippen LogP contribution is 2.44. The van der Waals surface area contributed by atoms with Gasteiger partial charge in [0.1, 0.15) is 24.2 Å². The lowest BCUT2D eigenvalue weighted by molar-refractivity contribution is -0.148. The highest BCUT2D eigenvalue weighted by molar-refractivity contribution is 5.95. The normalized spacial score (nSPS) is 22.1. The van der Waals surface area contributed by atoms with Crippen LogP contribution in [-0.2, 0) is 41.5 Å². The number of pyridine rings is 1. The molecule has 20 heteroatoms. The van der Waals surface area contributed by atoms with E-state index in [0.717, 1.165) is 18.8 Å². The molecule has 370 valence electrons. The van der Waals surface area contributed by atoms with E-state index in [0.29, 0.717) is 84.8 Å². The molecule has 0 aliphatic carbocycles. The molecule has 2 amide bonds. The maximum atomic E-state index is 14.9. The van der Waals surface area contributed by atoms with Crippen molar-refractivity contribution in [3.05, 3.63) is 41.7 Å². The van der Waals surface area contributed by atoms with Gasteiger partial charge in [-0.1, -0.05) is 13.8 Å². The number of carbonyl (C=O) groups is 3. The number of aliphatic hydroxyl groups is 1. The molecule has 4 N–H and O–H groups in total. The first-order chi connectivity index (χ1) is 31.6. The highest BCUT2D eigenvalue weighted by Gasteiger charge is 2.38. The van der Waals surface area contributed by atoms with E-state index in [9.17, 15) is 37.8 Å². The first-order valence-corrected chi connectivity index (χ1v) is 23.2. The summed E-state index contributed by atoms with van der Waals surface area (Å²) < 4.78 is 69.3. The quantitative estimate of drug-likeness (QED) is 0.167. The number of carboxylic acids is 1. The van der Waals surface area contributed by atoms with Crippen LogP contribution in [0.15, 0.2) is 30.5 Å². The lowest BCUT2D eigenvalue weighted by atomic mass is 9.84. The fourth-order valence-electron chi connectivity index (χ4n) is 9.56. The van der Waals surface area contributed by atoms with Crippen LogP contribution in [0, 0.1) is 5.41 Å². The molecule has 4 fully saturated rings. The van der Waals surface area contributed by atoms with Crippen LogP contribution in [0.25, 0.3) is 22.2 Å². The number of alkyl carbamates (subject to hydrolysis) is 1. The minimum Gasteiger partial charge on any atom is -0.480 e. The number of rotatable bonds is 14. The predicted molar refractivity (Wildman–Crippen MR) is 245 cm³/mol. The Morgan fingerprint density at radius 1 is 1.00 bits per heavy atom. The van der Waals surface area contributed by atoms with Crippen molar-refractivity contribution >= 4 is 40.2 Å². The second-order valence-corrected chi connectivity index (χ2v) is 20.0. The third-order valence-corrected chi connectivity index (χ3v) is 13.0. The van der Waals surface area contributed by atoms with Gasteiger partial charge < -0.3 is 48.8 Å². The van der Waals surface area contributed by atoms with Gasteiger partial charge in [-0.3, -0.25) is 24.5 Å². The Morgan fingerprint density at radius 3 is 2.46 bits per heavy atom. The first-order valence-electron chi connectivity index (χ1n) is 23.2. The Balaban J connectivity index is 1.27. The van der Waals surface area contributed by atoms with Crippen LogP contribution in [0.4, 0.5) is 29.3 Å². The van der Waals surface area contributed by atoms with Crippen molar-refractivity contribution in [1.29, 1.82) is 0 Å². The molecule has 0 saturated carbocycles. The van der Waals surface area contributed by atoms with Gasteiger partial charge in [0.15, 0.2) is 0 Å². The zero-order chi connectivity index (χ0) is 48.4. The molecule has 1 aromatic carbocycles. The SMILES string of the molecule is COC(C)c1ncc(N2CCN3CCOC[C@@H]3C2)cc1-c1c(CC(C)(C)CO)c2cc(N3CCO[C@@H](CC(NC(=O)OC(C)(C)C)C(=O)N4CCC[C@@H](C(=O)O)N4)C3)ccc2n1CC(F)(F)F. The molecule has 4 aliphatic heterocycles. The van der Waals surface area contributed by atoms with Crippen LogP contribution in [-0.4, -0.2) is 163 Å². The van der Waals surface area contributed by atoms with Gasteiger partial charge in [-0.05, 0) is 82.2 Å². The van der Waals surface area contributed by atoms with Crippen LogP contribution in [0.2, 0.25) is 0 Å². The molecule has 0 bridgehead atoms. The number of carboxylic acid groups (broad SMARTS) is 1. The largest absolute Gasteiger partial charge is 0.480 e. The molecule has 0 radical (unpaired) electrons. The minimum atomic E-state index is -4.60. The van der Waals surface area contributed by atoms with Crippen molar-refractivity contribution in [1.82, 2.24) is 30.2 Å². The van der Waals surface area contributed by atoms with Gasteiger partial charge in [0.25, 0.3) is 5.91 Å². The highest BCUT2D eigenvalue weighted by atomic mass is 19.4. The van der Waals surface area contributed by atoms with E-state index in [-0.39, 0.29) is 45.2 Å². The number of carbonyl (C=O) groups excluding carboxylic acids is 2. The molecule has 2 aromatic heterocycles. The van der Waals surface area contributed by atoms with Gasteiger partial charge in [-0.2, -0.15) is 13.2 Å². The summed E-state index contributed by atoms with van der Waals surface area (Å²) in [6.45, 7) is 14.6. The number of piperazine rings is 1. The molecule has 4 saturated heterocycles. The molecular formula is C47H67F3N8O9. The minimum absolute atomic E-state index is 0.0153. The Kier molecular flexibility index (Phi) is 15.3. The zero-order valence-corrected chi connectivity index (χ0v) is 39.7. The smallest absolute Gasteiger partial charge is 0.408 e. The number of aliphatic hydroxyl groups excluding tert-OH is 1. The summed E-state index contributed by atoms with van der Waals surface area (Å²) in [6, 6.07) is 5.36. The van der Waals surface area contributed by atoms with Crippen molar-refractivity contribution in [3.63, 3.8) is 0 Å². The van der Waals surface area contributed by atoms with Crippen molar-refractivity contribution in [2.45, 2.75) is 116 Å². The standard InChI is InChI=1S/C47H67F3N8O9/c1-29(64-7)40-35(20-31(23-51-40)55-14-13-54-15-17-65-26-32(54)24-55)41-36(22-46(5,6)28-59)34-19-30(10-11-39(34)57(41)27-47(48,49)50)56-16-18-66-33(25-56)21-38(52-44(63)67-45(2,3)4)42(60)58-12-8-9-37(53-58)43(61)62/h10-11,19-20,23,29,32-33,37-38,53,59H,8-9,12-18,21-22,24-28H2,1-7H3,(H,52,63)(H,61,62)/t29?,32-,33-,37-,38?/m0/s1. The third-order valence-electron chi connectivity index (χ3n) is 13.0. The van der Waals surface area contributed by atoms with Gasteiger partial charge in [0.05, 0.1) is 61.3 Å². The maximum absolute atomic E-state index is 14.9. The lowest BCUT2D eigenvalue weighted by Crippen LogP contribution is -2.61. The summed E-state index contributed by atoms with van der Waals surface area (Å²) in [6.07, 6.45) is -3.82. The number of hydrogen-bond acceptors (Lipinski definition) is 13. The van der Waals surface area contributed by atoms with Crippen molar-refractivity contribution in [3.8, 4) is 11.3 Å². The average molecular weight is 945 g/mol. The number of hydrogen-bond donors (Lipinski definition) is 4. The van der Waals surface area contributed by atoms with Crippen LogP contribution in [0.1, 0.15) is 78.2 Å². The van der Waals surface area contributed by atoms with Gasteiger partial charge in [-0.25, -0.2) is 10.2 Å². The number of amides is 2. The number of methoxy groups -OCH3 is 1. The summed E-state index contributed by atoms with van der Waals surface area (Å²) in [5.74, 6) is -1.64. The summed E-state index contributed by atoms with van der Waals surface area (Å²) >= 11 is 0. The molecule has 0 spiro atoms. The van der Waals surface area contributed by atoms with Gasteiger partial charge in [0.2, 0.25) is 0 Å². The van der Waals surface area contributed by atoms with E-state index in [2.05, 4.69) is 20.5 Å². The number of aromatic nitrogens is 2. The monoisotopic (exact) mass is 944 g/mol. The van der Waals surface area contributed by atoms with Gasteiger partial charge >= 0.3 is 18.2 Å². The maximum Gasteiger partial charge on any atom is 0.408 e. The summed E-state index contributed by atoms with van der Waals surface area (Å²) in [7, 11) is 1.54. The summed E-state index contributed by atoms with van der Waals surface area (Å²) in [5, 5.41) is 24.8. The Labute approximate surface area is 389 Å². The number of ether oxygens (including phenoxy) is 4. The Morgan fingerprint density at radius 2 is 1.76 bits per heavy atom. The molecule has 4 aliphatic rings. The number of benzene rings is 1. The fraction of sp³-hybridized carbons (Fsp3) is 0.660. The number of alkyl halides is 3. The third kappa shape index (κ3) is 12.1. The van der Waals surface area contributed by atoms with Crippen LogP contribution in [0.3, 0.4) is 0 Å². The fourth-order valence-corrected chi connectivity index (χ4v) is 9.56. The molecule has 67 heavy (non-hydrogen) atoms. The number of nitrogens with one attached hydrogen (secondary N) is 2. The molecular weight excluding hydrogens is 878 g/mol. The van der Waals surface area contributed by atoms with Crippen LogP contribution in [0.5, 0.6) is 0 Å². The number of nitrogens with zero attached hydrogens (tertiary/aromatic N) is 6. The number of fused-ring (bicyclic) bond motifs is 2. The number of morpholine rings is 2. The van der Waals surface area contributed by atoms with Crippen molar-refractivity contribution < 1.29 is 56.7 Å². The topological polar surface area (TPSA) is 183 Å². The Hall–Kier alpha value is -4.73. The van der Waals surface area contributed by atoms with Crippen LogP contribution < -0.4 is 20.5 Å². The van der Waals surface area contributed by atoms with Crippen molar-refractivity contribution in [2.24, 2.45) is 5.41 Å². The van der Waals surface area contributed by atoms with Crippen molar-refractivity contribution in [2.75, 3.05) is 89.2 Å². The van der Waals surface area contributed by atoms with E-state index in [1.165, 1.54) is 9.58 Å². The van der Waals surface area contributed by atoms with E-state index in [1.807, 2.05) is 37.8 Å². The van der Waals surface area contributed by atoms with Gasteiger partial charge in [0, 0.05) is 88.1 Å². The lowest BCUT2D eigenvalue weighted by Gasteiger charge is -2.44. The first kappa shape index (κ1) is 50.2. The predicted octanol–water partition coefficient (Wildman–Crippen LogP) is 5.12. The molecule has 5 atom stereocenters. The molecule has 2 unspecified atom stereocenters. The summed E-state index contributed by atoms with van der Waals surface area (Å²) in [5.41, 5.74) is 4.99. The zero-order valence-electron chi connectivity index (χ0n) is 39.7. The number of hydrazine groups is 1. The molecule has 17 nitrogen and oxygen atoms in total. The summed E-state index contributed by atoms with van der Waals surface area (Å²) in [4.78, 5) is 50.5. The van der Waals surface area contributed by atoms with E-state index < -0.39 is 66.0 Å². The second kappa shape index (κ2) is 20.5. The van der Waals surface area contributed by atoms with Gasteiger partial charge in [-0.15, -0.1) is 0 Å². The number of halogens is 3. The number of anilines is 2. The van der Waals surface area contributed by atoms with E-state index in [4.69, 9.17) is 23.9 Å². The molecule has 3 aromatic rings.